The van der Waals surface area contributed by atoms with E-state index < -0.39 is 0 Å². The van der Waals surface area contributed by atoms with Gasteiger partial charge in [0.1, 0.15) is 5.75 Å². The zero-order chi connectivity index (χ0) is 14.4. The molecule has 0 bridgehead atoms. The van der Waals surface area contributed by atoms with Crippen LogP contribution in [0.1, 0.15) is 26.3 Å². The summed E-state index contributed by atoms with van der Waals surface area (Å²) >= 11 is 8.56. The highest BCUT2D eigenvalue weighted by atomic mass is 79.9. The largest absolute Gasteiger partial charge is 0.496 e. The maximum atomic E-state index is 5.19. The molecule has 0 heterocycles. The summed E-state index contributed by atoms with van der Waals surface area (Å²) in [6, 6.07) is 6.08. The molecule has 0 aliphatic rings. The minimum Gasteiger partial charge on any atom is -0.496 e. The Morgan fingerprint density at radius 2 is 2.11 bits per heavy atom. The van der Waals surface area contributed by atoms with Crippen molar-refractivity contribution in [2.75, 3.05) is 7.11 Å². The molecule has 19 heavy (non-hydrogen) atoms. The van der Waals surface area contributed by atoms with E-state index >= 15 is 0 Å². The Kier molecular flexibility index (Phi) is 6.24. The predicted octanol–water partition coefficient (Wildman–Crippen LogP) is 3.05. The first-order chi connectivity index (χ1) is 8.93. The fourth-order valence-corrected chi connectivity index (χ4v) is 2.21. The van der Waals surface area contributed by atoms with Crippen LogP contribution in [0.5, 0.6) is 5.75 Å². The lowest BCUT2D eigenvalue weighted by Gasteiger charge is -2.11. The van der Waals surface area contributed by atoms with E-state index in [1.165, 1.54) is 0 Å². The smallest absolute Gasteiger partial charge is 0.187 e. The van der Waals surface area contributed by atoms with Crippen molar-refractivity contribution in [2.24, 2.45) is 5.10 Å². The van der Waals surface area contributed by atoms with Crippen molar-refractivity contribution < 1.29 is 4.74 Å². The predicted molar refractivity (Wildman–Crippen MR) is 86.9 cm³/mol. The average molecular weight is 344 g/mol. The van der Waals surface area contributed by atoms with Crippen LogP contribution in [0.25, 0.3) is 0 Å². The molecule has 0 spiro atoms. The van der Waals surface area contributed by atoms with Crippen LogP contribution in [-0.2, 0) is 0 Å². The summed E-state index contributed by atoms with van der Waals surface area (Å²) < 4.78 is 6.08. The van der Waals surface area contributed by atoms with Crippen LogP contribution in [0.3, 0.4) is 0 Å². The van der Waals surface area contributed by atoms with E-state index in [2.05, 4.69) is 31.8 Å². The van der Waals surface area contributed by atoms with Crippen LogP contribution in [-0.4, -0.2) is 24.0 Å². The van der Waals surface area contributed by atoms with Gasteiger partial charge in [0.15, 0.2) is 5.11 Å². The summed E-state index contributed by atoms with van der Waals surface area (Å²) in [6.45, 7) is 5.95. The summed E-state index contributed by atoms with van der Waals surface area (Å²) in [5.74, 6) is 0.793. The molecule has 0 aromatic heterocycles. The standard InChI is InChI=1S/C13H18BrN3OS/c1-8(2)15-13(19)17-16-9(3)10-5-6-12(18-4)11(14)7-10/h5-8H,1-4H3,(H2,15,17,19)/b16-9-. The summed E-state index contributed by atoms with van der Waals surface area (Å²) in [7, 11) is 1.64. The molecule has 1 rings (SSSR count). The molecule has 2 N–H and O–H groups in total. The quantitative estimate of drug-likeness (QED) is 0.501. The molecule has 0 fully saturated rings. The molecular weight excluding hydrogens is 326 g/mol. The molecule has 1 aromatic carbocycles. The van der Waals surface area contributed by atoms with Crippen LogP contribution in [0, 0.1) is 0 Å². The van der Waals surface area contributed by atoms with Gasteiger partial charge in [-0.15, -0.1) is 0 Å². The average Bonchev–Trinajstić information content (AvgIpc) is 2.35. The molecule has 0 aliphatic heterocycles. The highest BCUT2D eigenvalue weighted by molar-refractivity contribution is 9.10. The molecular formula is C13H18BrN3OS. The number of hydrogen-bond donors (Lipinski definition) is 2. The van der Waals surface area contributed by atoms with Gasteiger partial charge in [-0.2, -0.15) is 5.10 Å². The van der Waals surface area contributed by atoms with E-state index in [1.54, 1.807) is 7.11 Å². The van der Waals surface area contributed by atoms with Crippen molar-refractivity contribution in [3.8, 4) is 5.75 Å². The Morgan fingerprint density at radius 3 is 2.63 bits per heavy atom. The fourth-order valence-electron chi connectivity index (χ4n) is 1.39. The van der Waals surface area contributed by atoms with Crippen molar-refractivity contribution >= 4 is 39.0 Å². The topological polar surface area (TPSA) is 45.6 Å². The molecule has 0 amide bonds. The van der Waals surface area contributed by atoms with Gasteiger partial charge in [-0.1, -0.05) is 0 Å². The second kappa shape index (κ2) is 7.45. The lowest BCUT2D eigenvalue weighted by atomic mass is 10.1. The number of nitrogens with one attached hydrogen (secondary N) is 2. The number of nitrogens with zero attached hydrogens (tertiary/aromatic N) is 1. The number of hydrogen-bond acceptors (Lipinski definition) is 3. The number of halogens is 1. The van der Waals surface area contributed by atoms with Crippen molar-refractivity contribution in [1.29, 1.82) is 0 Å². The third kappa shape index (κ3) is 5.16. The zero-order valence-corrected chi connectivity index (χ0v) is 13.9. The van der Waals surface area contributed by atoms with E-state index in [1.807, 2.05) is 39.0 Å². The highest BCUT2D eigenvalue weighted by Gasteiger charge is 2.04. The van der Waals surface area contributed by atoms with Crippen LogP contribution < -0.4 is 15.5 Å². The molecule has 4 nitrogen and oxygen atoms in total. The van der Waals surface area contributed by atoms with Gasteiger partial charge in [0.2, 0.25) is 0 Å². The third-order valence-electron chi connectivity index (χ3n) is 2.31. The van der Waals surface area contributed by atoms with Crippen molar-refractivity contribution in [3.05, 3.63) is 28.2 Å². The maximum absolute atomic E-state index is 5.19. The third-order valence-corrected chi connectivity index (χ3v) is 3.14. The molecule has 0 aliphatic carbocycles. The summed E-state index contributed by atoms with van der Waals surface area (Å²) in [5, 5.41) is 7.82. The summed E-state index contributed by atoms with van der Waals surface area (Å²) in [4.78, 5) is 0. The Morgan fingerprint density at radius 1 is 1.42 bits per heavy atom. The van der Waals surface area contributed by atoms with Crippen molar-refractivity contribution in [3.63, 3.8) is 0 Å². The molecule has 1 aromatic rings. The second-order valence-corrected chi connectivity index (χ2v) is 5.55. The second-order valence-electron chi connectivity index (χ2n) is 4.29. The Balaban J connectivity index is 2.74. The summed E-state index contributed by atoms with van der Waals surface area (Å²) in [6.07, 6.45) is 0. The van der Waals surface area contributed by atoms with Gasteiger partial charge in [0, 0.05) is 6.04 Å². The Labute approximate surface area is 127 Å². The van der Waals surface area contributed by atoms with E-state index in [0.29, 0.717) is 5.11 Å². The van der Waals surface area contributed by atoms with Crippen molar-refractivity contribution in [1.82, 2.24) is 10.7 Å². The number of methoxy groups -OCH3 is 1. The molecule has 6 heteroatoms. The van der Waals surface area contributed by atoms with E-state index in [4.69, 9.17) is 17.0 Å². The van der Waals surface area contributed by atoms with Gasteiger partial charge in [0.05, 0.1) is 17.3 Å². The Bertz CT molecular complexity index is 489. The van der Waals surface area contributed by atoms with Crippen LogP contribution in [0.4, 0.5) is 0 Å². The molecule has 104 valence electrons. The van der Waals surface area contributed by atoms with Crippen LogP contribution in [0.2, 0.25) is 0 Å². The molecule has 0 atom stereocenters. The van der Waals surface area contributed by atoms with Crippen LogP contribution >= 0.6 is 28.1 Å². The van der Waals surface area contributed by atoms with Crippen molar-refractivity contribution in [2.45, 2.75) is 26.8 Å². The first kappa shape index (κ1) is 15.9. The molecule has 0 saturated carbocycles. The molecule has 0 radical (unpaired) electrons. The van der Waals surface area contributed by atoms with Gasteiger partial charge >= 0.3 is 0 Å². The van der Waals surface area contributed by atoms with Gasteiger partial charge < -0.3 is 10.1 Å². The lowest BCUT2D eigenvalue weighted by Crippen LogP contribution is -2.37. The first-order valence-electron chi connectivity index (χ1n) is 5.88. The highest BCUT2D eigenvalue weighted by Crippen LogP contribution is 2.25. The van der Waals surface area contributed by atoms with E-state index in [0.717, 1.165) is 21.5 Å². The van der Waals surface area contributed by atoms with E-state index in [9.17, 15) is 0 Å². The van der Waals surface area contributed by atoms with Gasteiger partial charge in [-0.25, -0.2) is 0 Å². The number of benzene rings is 1. The normalized spacial score (nSPS) is 11.4. The SMILES string of the molecule is COc1ccc(/C(C)=N\NC(=S)NC(C)C)cc1Br. The summed E-state index contributed by atoms with van der Waals surface area (Å²) in [5.41, 5.74) is 4.66. The zero-order valence-electron chi connectivity index (χ0n) is 11.5. The minimum atomic E-state index is 0.283. The number of ether oxygens (including phenoxy) is 1. The molecule has 0 saturated heterocycles. The van der Waals surface area contributed by atoms with Gasteiger partial charge in [-0.3, -0.25) is 5.43 Å². The number of rotatable bonds is 4. The maximum Gasteiger partial charge on any atom is 0.187 e. The Hall–Kier alpha value is -1.14. The monoisotopic (exact) mass is 343 g/mol. The number of thiocarbonyl (C=S) groups is 1. The minimum absolute atomic E-state index is 0.283. The van der Waals surface area contributed by atoms with Gasteiger partial charge in [-0.05, 0) is 72.7 Å². The lowest BCUT2D eigenvalue weighted by molar-refractivity contribution is 0.412. The first-order valence-corrected chi connectivity index (χ1v) is 7.09. The van der Waals surface area contributed by atoms with Crippen LogP contribution in [0.15, 0.2) is 27.8 Å². The number of hydrazone groups is 1. The van der Waals surface area contributed by atoms with Gasteiger partial charge in [0.25, 0.3) is 0 Å². The fraction of sp³-hybridized carbons (Fsp3) is 0.385. The van der Waals surface area contributed by atoms with E-state index in [-0.39, 0.29) is 6.04 Å². The molecule has 0 unspecified atom stereocenters.